The molecule has 0 saturated heterocycles. The molecule has 1 aromatic carbocycles. The maximum Gasteiger partial charge on any atom is 0.325 e. The fraction of sp³-hybridized carbons (Fsp3) is 0.300. The lowest BCUT2D eigenvalue weighted by Gasteiger charge is -2.19. The van der Waals surface area contributed by atoms with Crippen LogP contribution in [0.5, 0.6) is 0 Å². The van der Waals surface area contributed by atoms with Gasteiger partial charge in [-0.3, -0.25) is 14.4 Å². The fourth-order valence-corrected chi connectivity index (χ4v) is 2.41. The van der Waals surface area contributed by atoms with E-state index in [2.05, 4.69) is 36.4 Å². The van der Waals surface area contributed by atoms with E-state index in [9.17, 15) is 14.4 Å². The minimum Gasteiger partial charge on any atom is -0.454 e. The standard InChI is InChI=1S/C20H22ClN3O4/c1-20(2,3)14-8-6-13(7-9-14)19(27)23-11-17(26)28-12-16(25)24-15-5-4-10-22-18(15)21/h4-10H,11-12H2,1-3H3,(H,23,27)(H,24,25). The maximum atomic E-state index is 12.1. The van der Waals surface area contributed by atoms with Crippen molar-refractivity contribution >= 4 is 35.1 Å². The van der Waals surface area contributed by atoms with E-state index in [-0.39, 0.29) is 17.1 Å². The number of nitrogens with one attached hydrogen (secondary N) is 2. The first-order valence-corrected chi connectivity index (χ1v) is 8.99. The Kier molecular flexibility index (Phi) is 7.12. The molecule has 28 heavy (non-hydrogen) atoms. The number of hydrogen-bond donors (Lipinski definition) is 2. The Bertz CT molecular complexity index is 860. The summed E-state index contributed by atoms with van der Waals surface area (Å²) in [6.07, 6.45) is 1.48. The van der Waals surface area contributed by atoms with Gasteiger partial charge >= 0.3 is 5.97 Å². The van der Waals surface area contributed by atoms with Gasteiger partial charge in [-0.25, -0.2) is 4.98 Å². The monoisotopic (exact) mass is 403 g/mol. The molecule has 0 aliphatic rings. The third-order valence-corrected chi connectivity index (χ3v) is 4.11. The Balaban J connectivity index is 1.76. The smallest absolute Gasteiger partial charge is 0.325 e. The Labute approximate surface area is 168 Å². The number of pyridine rings is 1. The summed E-state index contributed by atoms with van der Waals surface area (Å²) >= 11 is 5.83. The molecule has 0 bridgehead atoms. The second kappa shape index (κ2) is 9.32. The second-order valence-electron chi connectivity index (χ2n) is 7.06. The summed E-state index contributed by atoms with van der Waals surface area (Å²) in [6, 6.07) is 10.3. The van der Waals surface area contributed by atoms with Gasteiger partial charge in [-0.1, -0.05) is 44.5 Å². The zero-order chi connectivity index (χ0) is 20.7. The van der Waals surface area contributed by atoms with Gasteiger partial charge in [0.25, 0.3) is 11.8 Å². The van der Waals surface area contributed by atoms with Gasteiger partial charge in [0.15, 0.2) is 11.8 Å². The third-order valence-electron chi connectivity index (χ3n) is 3.80. The summed E-state index contributed by atoms with van der Waals surface area (Å²) in [5.74, 6) is -1.69. The molecular weight excluding hydrogens is 382 g/mol. The van der Waals surface area contributed by atoms with Crippen LogP contribution in [0.2, 0.25) is 5.15 Å². The number of carbonyl (C=O) groups excluding carboxylic acids is 3. The van der Waals surface area contributed by atoms with Crippen molar-refractivity contribution in [1.29, 1.82) is 0 Å². The first-order chi connectivity index (χ1) is 13.2. The van der Waals surface area contributed by atoms with Crippen LogP contribution in [-0.4, -0.2) is 35.9 Å². The van der Waals surface area contributed by atoms with E-state index in [0.29, 0.717) is 11.3 Å². The van der Waals surface area contributed by atoms with Crippen LogP contribution in [0.1, 0.15) is 36.7 Å². The van der Waals surface area contributed by atoms with Crippen molar-refractivity contribution in [3.63, 3.8) is 0 Å². The van der Waals surface area contributed by atoms with Crippen molar-refractivity contribution in [2.75, 3.05) is 18.5 Å². The van der Waals surface area contributed by atoms with Crippen LogP contribution >= 0.6 is 11.6 Å². The summed E-state index contributed by atoms with van der Waals surface area (Å²) < 4.78 is 4.84. The molecule has 8 heteroatoms. The highest BCUT2D eigenvalue weighted by Gasteiger charge is 2.15. The molecule has 0 saturated carbocycles. The lowest BCUT2D eigenvalue weighted by molar-refractivity contribution is -0.146. The SMILES string of the molecule is CC(C)(C)c1ccc(C(=O)NCC(=O)OCC(=O)Nc2cccnc2Cl)cc1. The maximum absolute atomic E-state index is 12.1. The van der Waals surface area contributed by atoms with Crippen molar-refractivity contribution in [2.45, 2.75) is 26.2 Å². The molecule has 0 fully saturated rings. The van der Waals surface area contributed by atoms with E-state index < -0.39 is 24.4 Å². The number of ether oxygens (including phenoxy) is 1. The molecule has 1 heterocycles. The molecule has 0 atom stereocenters. The van der Waals surface area contributed by atoms with Gasteiger partial charge in [-0.2, -0.15) is 0 Å². The molecule has 1 aromatic heterocycles. The van der Waals surface area contributed by atoms with Crippen molar-refractivity contribution in [3.05, 3.63) is 58.9 Å². The molecule has 2 amide bonds. The third kappa shape index (κ3) is 6.35. The minimum atomic E-state index is -0.730. The van der Waals surface area contributed by atoms with Crippen LogP contribution in [0.3, 0.4) is 0 Å². The van der Waals surface area contributed by atoms with Gasteiger partial charge in [0, 0.05) is 11.8 Å². The summed E-state index contributed by atoms with van der Waals surface area (Å²) in [7, 11) is 0. The molecule has 0 radical (unpaired) electrons. The number of carbonyl (C=O) groups is 3. The van der Waals surface area contributed by atoms with Gasteiger partial charge < -0.3 is 15.4 Å². The zero-order valence-corrected chi connectivity index (χ0v) is 16.7. The van der Waals surface area contributed by atoms with Crippen LogP contribution in [0, 0.1) is 0 Å². The summed E-state index contributed by atoms with van der Waals surface area (Å²) in [6.45, 7) is 5.39. The van der Waals surface area contributed by atoms with Gasteiger partial charge in [-0.05, 0) is 35.2 Å². The topological polar surface area (TPSA) is 97.4 Å². The number of aromatic nitrogens is 1. The van der Waals surface area contributed by atoms with Crippen LogP contribution in [0.4, 0.5) is 5.69 Å². The number of halogens is 1. The molecule has 7 nitrogen and oxygen atoms in total. The minimum absolute atomic E-state index is 0.0145. The van der Waals surface area contributed by atoms with E-state index in [1.54, 1.807) is 24.3 Å². The number of hydrogen-bond acceptors (Lipinski definition) is 5. The molecule has 148 valence electrons. The van der Waals surface area contributed by atoms with E-state index in [0.717, 1.165) is 5.56 Å². The quantitative estimate of drug-likeness (QED) is 0.571. The number of amides is 2. The predicted octanol–water partition coefficient (Wildman–Crippen LogP) is 2.94. The number of rotatable bonds is 6. The highest BCUT2D eigenvalue weighted by Crippen LogP contribution is 2.22. The highest BCUT2D eigenvalue weighted by atomic mass is 35.5. The highest BCUT2D eigenvalue weighted by molar-refractivity contribution is 6.32. The fourth-order valence-electron chi connectivity index (χ4n) is 2.24. The Morgan fingerprint density at radius 3 is 2.39 bits per heavy atom. The lowest BCUT2D eigenvalue weighted by atomic mass is 9.87. The lowest BCUT2D eigenvalue weighted by Crippen LogP contribution is -2.32. The summed E-state index contributed by atoms with van der Waals surface area (Å²) in [4.78, 5) is 39.4. The van der Waals surface area contributed by atoms with Crippen LogP contribution in [0.25, 0.3) is 0 Å². The largest absolute Gasteiger partial charge is 0.454 e. The van der Waals surface area contributed by atoms with E-state index in [4.69, 9.17) is 16.3 Å². The van der Waals surface area contributed by atoms with Gasteiger partial charge in [0.2, 0.25) is 0 Å². The number of anilines is 1. The number of nitrogens with zero attached hydrogens (tertiary/aromatic N) is 1. The average molecular weight is 404 g/mol. The van der Waals surface area contributed by atoms with Crippen LogP contribution < -0.4 is 10.6 Å². The predicted molar refractivity (Wildman–Crippen MR) is 106 cm³/mol. The summed E-state index contributed by atoms with van der Waals surface area (Å²) in [5, 5.41) is 5.07. The van der Waals surface area contributed by atoms with Crippen molar-refractivity contribution < 1.29 is 19.1 Å². The second-order valence-corrected chi connectivity index (χ2v) is 7.42. The first kappa shape index (κ1) is 21.4. The van der Waals surface area contributed by atoms with Gasteiger partial charge in [0.1, 0.15) is 6.54 Å². The molecule has 2 rings (SSSR count). The number of esters is 1. The number of benzene rings is 1. The first-order valence-electron chi connectivity index (χ1n) is 8.61. The van der Waals surface area contributed by atoms with Crippen molar-refractivity contribution in [1.82, 2.24) is 10.3 Å². The summed E-state index contributed by atoms with van der Waals surface area (Å²) in [5.41, 5.74) is 1.84. The Hall–Kier alpha value is -2.93. The van der Waals surface area contributed by atoms with E-state index in [1.165, 1.54) is 6.20 Å². The molecular formula is C20H22ClN3O4. The zero-order valence-electron chi connectivity index (χ0n) is 15.9. The molecule has 0 spiro atoms. The van der Waals surface area contributed by atoms with Crippen LogP contribution in [0.15, 0.2) is 42.6 Å². The molecule has 2 N–H and O–H groups in total. The normalized spacial score (nSPS) is 10.9. The molecule has 0 unspecified atom stereocenters. The van der Waals surface area contributed by atoms with Crippen LogP contribution in [-0.2, 0) is 19.7 Å². The van der Waals surface area contributed by atoms with Gasteiger partial charge in [0.05, 0.1) is 5.69 Å². The molecule has 2 aromatic rings. The van der Waals surface area contributed by atoms with E-state index >= 15 is 0 Å². The van der Waals surface area contributed by atoms with E-state index in [1.807, 2.05) is 12.1 Å². The molecule has 0 aliphatic carbocycles. The average Bonchev–Trinajstić information content (AvgIpc) is 2.65. The molecule has 0 aliphatic heterocycles. The Morgan fingerprint density at radius 1 is 1.11 bits per heavy atom. The van der Waals surface area contributed by atoms with Gasteiger partial charge in [-0.15, -0.1) is 0 Å². The van der Waals surface area contributed by atoms with Crippen molar-refractivity contribution in [3.8, 4) is 0 Å². The Morgan fingerprint density at radius 2 is 1.79 bits per heavy atom. The van der Waals surface area contributed by atoms with Crippen molar-refractivity contribution in [2.24, 2.45) is 0 Å².